The van der Waals surface area contributed by atoms with E-state index in [4.69, 9.17) is 4.99 Å². The number of thioether (sulfide) groups is 1. The highest BCUT2D eigenvalue weighted by Gasteiger charge is 2.32. The fourth-order valence-electron chi connectivity index (χ4n) is 3.47. The molecule has 2 heterocycles. The van der Waals surface area contributed by atoms with Crippen molar-refractivity contribution < 1.29 is 0 Å². The van der Waals surface area contributed by atoms with Crippen LogP contribution in [0.4, 0.5) is 0 Å². The number of nitrogens with one attached hydrogen (secondary N) is 1. The zero-order chi connectivity index (χ0) is 12.4. The third-order valence-electron chi connectivity index (χ3n) is 4.77. The van der Waals surface area contributed by atoms with Crippen molar-refractivity contribution in [3.8, 4) is 0 Å². The molecule has 2 saturated heterocycles. The van der Waals surface area contributed by atoms with Crippen LogP contribution in [-0.4, -0.2) is 48.0 Å². The van der Waals surface area contributed by atoms with Crippen molar-refractivity contribution in [3.05, 3.63) is 0 Å². The van der Waals surface area contributed by atoms with Crippen molar-refractivity contribution in [2.45, 2.75) is 50.6 Å². The lowest BCUT2D eigenvalue weighted by atomic mass is 10.0. The van der Waals surface area contributed by atoms with E-state index in [1.807, 2.05) is 11.8 Å². The van der Waals surface area contributed by atoms with E-state index in [0.29, 0.717) is 6.04 Å². The number of nitrogens with zero attached hydrogens (tertiary/aromatic N) is 2. The minimum absolute atomic E-state index is 0.676. The summed E-state index contributed by atoms with van der Waals surface area (Å²) in [5.74, 6) is 2.20. The fourth-order valence-corrected chi connectivity index (χ4v) is 4.64. The summed E-state index contributed by atoms with van der Waals surface area (Å²) in [6.45, 7) is 2.24. The van der Waals surface area contributed by atoms with Gasteiger partial charge < -0.3 is 10.2 Å². The van der Waals surface area contributed by atoms with Gasteiger partial charge in [-0.1, -0.05) is 24.6 Å². The van der Waals surface area contributed by atoms with Gasteiger partial charge in [0.2, 0.25) is 0 Å². The van der Waals surface area contributed by atoms with Crippen LogP contribution in [0.3, 0.4) is 0 Å². The predicted octanol–water partition coefficient (Wildman–Crippen LogP) is 2.33. The van der Waals surface area contributed by atoms with Crippen LogP contribution in [0.1, 0.15) is 38.5 Å². The standard InChI is InChI=1S/C14H25N3S/c1-17-8-3-2-6-12(17)9-15-14-16-13-7-4-5-11(13)10-18-14/h11-13H,2-10H2,1H3,(H,15,16). The molecular weight excluding hydrogens is 242 g/mol. The topological polar surface area (TPSA) is 27.6 Å². The Balaban J connectivity index is 1.53. The average molecular weight is 267 g/mol. The minimum Gasteiger partial charge on any atom is -0.362 e. The highest BCUT2D eigenvalue weighted by atomic mass is 32.2. The van der Waals surface area contributed by atoms with Crippen LogP contribution in [0.25, 0.3) is 0 Å². The smallest absolute Gasteiger partial charge is 0.156 e. The van der Waals surface area contributed by atoms with E-state index in [2.05, 4.69) is 17.3 Å². The zero-order valence-electron chi connectivity index (χ0n) is 11.4. The predicted molar refractivity (Wildman–Crippen MR) is 79.3 cm³/mol. The molecule has 2 aliphatic heterocycles. The number of aliphatic imine (C=N–C) groups is 1. The third-order valence-corrected chi connectivity index (χ3v) is 5.88. The van der Waals surface area contributed by atoms with Crippen LogP contribution in [0.15, 0.2) is 4.99 Å². The summed E-state index contributed by atoms with van der Waals surface area (Å²) in [6.07, 6.45) is 8.24. The molecule has 0 spiro atoms. The van der Waals surface area contributed by atoms with E-state index in [0.717, 1.165) is 18.5 Å². The van der Waals surface area contributed by atoms with Gasteiger partial charge in [0, 0.05) is 17.8 Å². The maximum atomic E-state index is 4.84. The quantitative estimate of drug-likeness (QED) is 0.832. The van der Waals surface area contributed by atoms with Gasteiger partial charge in [-0.05, 0) is 45.2 Å². The van der Waals surface area contributed by atoms with Crippen molar-refractivity contribution in [2.24, 2.45) is 10.9 Å². The Kier molecular flexibility index (Phi) is 4.14. The normalized spacial score (nSPS) is 39.6. The van der Waals surface area contributed by atoms with E-state index in [9.17, 15) is 0 Å². The molecule has 0 aromatic heterocycles. The molecule has 0 aromatic rings. The number of likely N-dealkylation sites (N-methyl/N-ethyl adjacent to an activating group) is 1. The molecule has 3 nitrogen and oxygen atoms in total. The molecule has 1 N–H and O–H groups in total. The monoisotopic (exact) mass is 267 g/mol. The summed E-state index contributed by atoms with van der Waals surface area (Å²) in [6, 6.07) is 1.41. The zero-order valence-corrected chi connectivity index (χ0v) is 12.2. The Morgan fingerprint density at radius 1 is 1.28 bits per heavy atom. The van der Waals surface area contributed by atoms with Crippen LogP contribution < -0.4 is 5.32 Å². The molecule has 1 aliphatic carbocycles. The van der Waals surface area contributed by atoms with Crippen molar-refractivity contribution in [2.75, 3.05) is 25.9 Å². The van der Waals surface area contributed by atoms with Gasteiger partial charge in [-0.15, -0.1) is 0 Å². The second kappa shape index (κ2) is 5.83. The number of hydrogen-bond acceptors (Lipinski definition) is 3. The van der Waals surface area contributed by atoms with Gasteiger partial charge in [-0.3, -0.25) is 4.99 Å². The molecule has 3 rings (SSSR count). The first kappa shape index (κ1) is 12.8. The van der Waals surface area contributed by atoms with Gasteiger partial charge in [0.15, 0.2) is 5.17 Å². The van der Waals surface area contributed by atoms with Crippen LogP contribution in [0.5, 0.6) is 0 Å². The van der Waals surface area contributed by atoms with Gasteiger partial charge >= 0.3 is 0 Å². The first-order valence-electron chi connectivity index (χ1n) is 7.47. The molecule has 3 fully saturated rings. The van der Waals surface area contributed by atoms with E-state index >= 15 is 0 Å². The number of hydrogen-bond donors (Lipinski definition) is 1. The molecule has 3 unspecified atom stereocenters. The Morgan fingerprint density at radius 3 is 3.11 bits per heavy atom. The summed E-state index contributed by atoms with van der Waals surface area (Å²) >= 11 is 1.95. The molecule has 0 amide bonds. The number of amidine groups is 1. The van der Waals surface area contributed by atoms with Gasteiger partial charge in [-0.2, -0.15) is 0 Å². The van der Waals surface area contributed by atoms with Crippen molar-refractivity contribution in [3.63, 3.8) is 0 Å². The van der Waals surface area contributed by atoms with Crippen molar-refractivity contribution in [1.82, 2.24) is 10.2 Å². The molecule has 1 saturated carbocycles. The summed E-state index contributed by atoms with van der Waals surface area (Å²) in [5, 5.41) is 4.88. The van der Waals surface area contributed by atoms with Crippen LogP contribution >= 0.6 is 11.8 Å². The Morgan fingerprint density at radius 2 is 2.22 bits per heavy atom. The molecule has 4 heteroatoms. The van der Waals surface area contributed by atoms with Crippen LogP contribution in [0, 0.1) is 5.92 Å². The lowest BCUT2D eigenvalue weighted by Gasteiger charge is -2.32. The van der Waals surface area contributed by atoms with E-state index in [1.54, 1.807) is 0 Å². The Labute approximate surface area is 115 Å². The molecule has 18 heavy (non-hydrogen) atoms. The van der Waals surface area contributed by atoms with E-state index < -0.39 is 0 Å². The second-order valence-corrected chi connectivity index (χ2v) is 7.04. The summed E-state index contributed by atoms with van der Waals surface area (Å²) < 4.78 is 0. The van der Waals surface area contributed by atoms with Crippen LogP contribution in [0.2, 0.25) is 0 Å². The fraction of sp³-hybridized carbons (Fsp3) is 0.929. The molecule has 0 bridgehead atoms. The molecular formula is C14H25N3S. The van der Waals surface area contributed by atoms with E-state index in [-0.39, 0.29) is 0 Å². The second-order valence-electron chi connectivity index (χ2n) is 6.03. The average Bonchev–Trinajstić information content (AvgIpc) is 2.85. The minimum atomic E-state index is 0.676. The summed E-state index contributed by atoms with van der Waals surface area (Å²) in [5.41, 5.74) is 0. The molecule has 3 aliphatic rings. The third kappa shape index (κ3) is 2.85. The van der Waals surface area contributed by atoms with Gasteiger partial charge in [0.1, 0.15) is 0 Å². The summed E-state index contributed by atoms with van der Waals surface area (Å²) in [7, 11) is 2.25. The Bertz CT molecular complexity index is 318. The summed E-state index contributed by atoms with van der Waals surface area (Å²) in [4.78, 5) is 7.33. The molecule has 3 atom stereocenters. The lowest BCUT2D eigenvalue weighted by Crippen LogP contribution is -2.43. The lowest BCUT2D eigenvalue weighted by molar-refractivity contribution is 0.191. The Hall–Kier alpha value is -0.220. The van der Waals surface area contributed by atoms with Crippen molar-refractivity contribution >= 4 is 16.9 Å². The molecule has 0 radical (unpaired) electrons. The van der Waals surface area contributed by atoms with Gasteiger partial charge in [0.05, 0.1) is 6.54 Å². The van der Waals surface area contributed by atoms with Gasteiger partial charge in [0.25, 0.3) is 0 Å². The number of piperidine rings is 1. The van der Waals surface area contributed by atoms with Gasteiger partial charge in [-0.25, -0.2) is 0 Å². The van der Waals surface area contributed by atoms with E-state index in [1.165, 1.54) is 56.0 Å². The maximum Gasteiger partial charge on any atom is 0.156 e. The molecule has 0 aromatic carbocycles. The van der Waals surface area contributed by atoms with Crippen LogP contribution in [-0.2, 0) is 0 Å². The number of rotatable bonds is 2. The number of likely N-dealkylation sites (tertiary alicyclic amines) is 1. The largest absolute Gasteiger partial charge is 0.362 e. The first-order valence-corrected chi connectivity index (χ1v) is 8.45. The number of fused-ring (bicyclic) bond motifs is 1. The molecule has 102 valence electrons. The van der Waals surface area contributed by atoms with Crippen molar-refractivity contribution in [1.29, 1.82) is 0 Å². The maximum absolute atomic E-state index is 4.84. The first-order chi connectivity index (χ1) is 8.83. The highest BCUT2D eigenvalue weighted by molar-refractivity contribution is 8.13. The highest BCUT2D eigenvalue weighted by Crippen LogP contribution is 2.32. The SMILES string of the molecule is CN1CCCCC1CN=C1NC2CCCC2CS1.